The van der Waals surface area contributed by atoms with Crippen molar-refractivity contribution in [2.75, 3.05) is 30.3 Å². The van der Waals surface area contributed by atoms with Gasteiger partial charge in [-0.1, -0.05) is 23.7 Å². The predicted molar refractivity (Wildman–Crippen MR) is 126 cm³/mol. The maximum Gasteiger partial charge on any atom is 0.354 e. The van der Waals surface area contributed by atoms with Gasteiger partial charge in [0.2, 0.25) is 0 Å². The van der Waals surface area contributed by atoms with Crippen LogP contribution in [0.1, 0.15) is 28.8 Å². The number of anilines is 2. The van der Waals surface area contributed by atoms with Gasteiger partial charge in [-0.25, -0.2) is 4.79 Å². The largest absolute Gasteiger partial charge is 0.733 e. The van der Waals surface area contributed by atoms with Crippen LogP contribution in [0, 0.1) is 27.9 Å². The Kier molecular flexibility index (Phi) is 9.87. The maximum atomic E-state index is 12.7. The molecule has 0 radical (unpaired) electrons. The van der Waals surface area contributed by atoms with Crippen molar-refractivity contribution >= 4 is 40.9 Å². The lowest BCUT2D eigenvalue weighted by Gasteiger charge is -2.22. The second-order valence-corrected chi connectivity index (χ2v) is 7.24. The number of ether oxygens (including phenoxy) is 1. The number of amides is 1. The van der Waals surface area contributed by atoms with E-state index in [2.05, 4.69) is 17.5 Å². The summed E-state index contributed by atoms with van der Waals surface area (Å²) < 4.78 is 4.74. The van der Waals surface area contributed by atoms with Crippen LogP contribution in [0.4, 0.5) is 11.4 Å². The number of carbonyl (C=O) groups is 2. The van der Waals surface area contributed by atoms with Gasteiger partial charge in [0.1, 0.15) is 5.70 Å². The van der Waals surface area contributed by atoms with E-state index >= 15 is 0 Å². The quantitative estimate of drug-likeness (QED) is 0.293. The summed E-state index contributed by atoms with van der Waals surface area (Å²) in [6.07, 6.45) is 2.00. The van der Waals surface area contributed by atoms with Gasteiger partial charge < -0.3 is 25.4 Å². The Hall–Kier alpha value is -4.09. The highest BCUT2D eigenvalue weighted by atomic mass is 35.5. The summed E-state index contributed by atoms with van der Waals surface area (Å²) >= 11 is 6.03. The molecule has 0 bridgehead atoms. The molecule has 0 saturated heterocycles. The Bertz CT molecular complexity index is 1120. The molecule has 0 atom stereocenters. The van der Waals surface area contributed by atoms with E-state index in [1.54, 1.807) is 24.3 Å². The van der Waals surface area contributed by atoms with Crippen LogP contribution in [-0.2, 0) is 9.53 Å². The lowest BCUT2D eigenvalue weighted by Crippen LogP contribution is -2.28. The first-order valence-electron chi connectivity index (χ1n) is 9.96. The number of nitrogens with zero attached hydrogens (tertiary/aromatic N) is 4. The third kappa shape index (κ3) is 7.22. The summed E-state index contributed by atoms with van der Waals surface area (Å²) in [5.41, 5.74) is 0.818. The van der Waals surface area contributed by atoms with Gasteiger partial charge >= 0.3 is 5.97 Å². The molecule has 10 nitrogen and oxygen atoms in total. The maximum absolute atomic E-state index is 12.7. The minimum Gasteiger partial charge on any atom is -0.733 e. The van der Waals surface area contributed by atoms with Crippen LogP contribution in [0.3, 0.4) is 0 Å². The Morgan fingerprint density at radius 1 is 1.12 bits per heavy atom. The predicted octanol–water partition coefficient (Wildman–Crippen LogP) is 3.61. The van der Waals surface area contributed by atoms with Crippen LogP contribution in [0.2, 0.25) is 5.02 Å². The molecule has 2 N–H and O–H groups in total. The fourth-order valence-corrected chi connectivity index (χ4v) is 3.14. The summed E-state index contributed by atoms with van der Waals surface area (Å²) in [6.45, 7) is 0.927. The standard InChI is InChI=1S/C23H21ClN5O5/c1-34-23(31)21(27-22(30)19-15-18(29(32)33)8-9-20(19)24)14-16-4-6-17(7-5-16)28(12-2-10-25)13-3-11-26/h4-9,14-15,32H,2-3,12-13H2,1H3,(H,27,30)/q-1/b21-14-. The molecule has 0 heterocycles. The van der Waals surface area contributed by atoms with Crippen molar-refractivity contribution in [3.05, 3.63) is 69.5 Å². The highest BCUT2D eigenvalue weighted by Crippen LogP contribution is 2.23. The molecule has 0 unspecified atom stereocenters. The summed E-state index contributed by atoms with van der Waals surface area (Å²) in [5, 5.41) is 39.9. The van der Waals surface area contributed by atoms with Gasteiger partial charge in [0.25, 0.3) is 5.91 Å². The van der Waals surface area contributed by atoms with E-state index in [0.717, 1.165) is 18.9 Å². The molecule has 2 aromatic rings. The number of nitriles is 2. The Labute approximate surface area is 201 Å². The molecular weight excluding hydrogens is 462 g/mol. The molecule has 2 aromatic carbocycles. The molecule has 0 aliphatic carbocycles. The zero-order valence-electron chi connectivity index (χ0n) is 18.2. The Balaban J connectivity index is 2.29. The SMILES string of the molecule is COC(=O)/C(=C/c1ccc(N(CCC#N)CCC#N)cc1)NC(=O)c1cc(N([O-])O)ccc1Cl. The number of methoxy groups -OCH3 is 1. The van der Waals surface area contributed by atoms with Gasteiger partial charge in [-0.15, -0.1) is 0 Å². The van der Waals surface area contributed by atoms with Crippen LogP contribution in [0.25, 0.3) is 6.08 Å². The first-order valence-corrected chi connectivity index (χ1v) is 10.3. The molecule has 2 rings (SSSR count). The van der Waals surface area contributed by atoms with E-state index in [-0.39, 0.29) is 22.0 Å². The highest BCUT2D eigenvalue weighted by molar-refractivity contribution is 6.34. The number of rotatable bonds is 10. The highest BCUT2D eigenvalue weighted by Gasteiger charge is 2.18. The molecule has 0 aromatic heterocycles. The van der Waals surface area contributed by atoms with Crippen molar-refractivity contribution in [3.8, 4) is 12.1 Å². The zero-order chi connectivity index (χ0) is 25.1. The van der Waals surface area contributed by atoms with Crippen LogP contribution < -0.4 is 15.4 Å². The number of hydrogen-bond acceptors (Lipinski definition) is 9. The smallest absolute Gasteiger partial charge is 0.354 e. The average Bonchev–Trinajstić information content (AvgIpc) is 2.83. The van der Waals surface area contributed by atoms with Crippen LogP contribution in [0.15, 0.2) is 48.2 Å². The number of carbonyl (C=O) groups excluding carboxylic acids is 2. The Morgan fingerprint density at radius 2 is 1.71 bits per heavy atom. The lowest BCUT2D eigenvalue weighted by atomic mass is 10.1. The van der Waals surface area contributed by atoms with E-state index in [9.17, 15) is 14.8 Å². The third-order valence-corrected chi connectivity index (χ3v) is 4.95. The first-order chi connectivity index (χ1) is 16.3. The van der Waals surface area contributed by atoms with Crippen molar-refractivity contribution in [2.24, 2.45) is 0 Å². The molecule has 0 aliphatic heterocycles. The number of benzene rings is 2. The van der Waals surface area contributed by atoms with Crippen LogP contribution in [0.5, 0.6) is 0 Å². The van der Waals surface area contributed by atoms with Gasteiger partial charge in [0.05, 0.1) is 48.4 Å². The second kappa shape index (κ2) is 12.8. The first kappa shape index (κ1) is 26.2. The van der Waals surface area contributed by atoms with E-state index in [1.165, 1.54) is 18.2 Å². The minimum atomic E-state index is -0.818. The number of halogens is 1. The topological polar surface area (TPSA) is 153 Å². The van der Waals surface area contributed by atoms with Crippen molar-refractivity contribution in [3.63, 3.8) is 0 Å². The fourth-order valence-electron chi connectivity index (χ4n) is 2.94. The molecule has 0 saturated carbocycles. The van der Waals surface area contributed by atoms with Gasteiger partial charge in [0.15, 0.2) is 0 Å². The average molecular weight is 483 g/mol. The van der Waals surface area contributed by atoms with E-state index < -0.39 is 17.1 Å². The minimum absolute atomic E-state index is 0.00602. The molecule has 176 valence electrons. The van der Waals surface area contributed by atoms with Crippen molar-refractivity contribution in [1.82, 2.24) is 5.32 Å². The number of hydrogen-bond donors (Lipinski definition) is 2. The second-order valence-electron chi connectivity index (χ2n) is 6.84. The third-order valence-electron chi connectivity index (χ3n) is 4.63. The Morgan fingerprint density at radius 3 is 2.24 bits per heavy atom. The summed E-state index contributed by atoms with van der Waals surface area (Å²) in [5.74, 6) is -1.61. The van der Waals surface area contributed by atoms with E-state index in [1.807, 2.05) is 4.90 Å². The summed E-state index contributed by atoms with van der Waals surface area (Å²) in [7, 11) is 1.16. The monoisotopic (exact) mass is 482 g/mol. The molecule has 34 heavy (non-hydrogen) atoms. The van der Waals surface area contributed by atoms with Gasteiger partial charge in [-0.2, -0.15) is 10.5 Å². The van der Waals surface area contributed by atoms with Crippen molar-refractivity contribution in [2.45, 2.75) is 12.8 Å². The number of esters is 1. The molecule has 1 amide bonds. The molecular formula is C23H21ClN5O5-. The van der Waals surface area contributed by atoms with E-state index in [0.29, 0.717) is 31.5 Å². The van der Waals surface area contributed by atoms with Crippen LogP contribution in [-0.4, -0.2) is 37.3 Å². The lowest BCUT2D eigenvalue weighted by molar-refractivity contribution is -0.136. The normalized spacial score (nSPS) is 10.6. The van der Waals surface area contributed by atoms with Crippen LogP contribution >= 0.6 is 11.6 Å². The van der Waals surface area contributed by atoms with Crippen molar-refractivity contribution < 1.29 is 19.5 Å². The molecule has 0 spiro atoms. The fraction of sp³-hybridized carbons (Fsp3) is 0.217. The van der Waals surface area contributed by atoms with Gasteiger partial charge in [0, 0.05) is 18.8 Å². The number of nitrogens with one attached hydrogen (secondary N) is 1. The summed E-state index contributed by atoms with van der Waals surface area (Å²) in [6, 6.07) is 14.6. The van der Waals surface area contributed by atoms with Gasteiger partial charge in [-0.3, -0.25) is 10.0 Å². The van der Waals surface area contributed by atoms with E-state index in [4.69, 9.17) is 32.1 Å². The molecule has 0 aliphatic rings. The molecule has 11 heteroatoms. The van der Waals surface area contributed by atoms with Gasteiger partial charge in [-0.05, 0) is 42.0 Å². The molecule has 0 fully saturated rings. The summed E-state index contributed by atoms with van der Waals surface area (Å²) in [4.78, 5) is 26.8. The van der Waals surface area contributed by atoms with Crippen molar-refractivity contribution in [1.29, 1.82) is 10.5 Å². The zero-order valence-corrected chi connectivity index (χ0v) is 19.0.